The fourth-order valence-electron chi connectivity index (χ4n) is 3.69. The maximum Gasteiger partial charge on any atom is 0.194 e. The summed E-state index contributed by atoms with van der Waals surface area (Å²) in [4.78, 5) is 6.95. The van der Waals surface area contributed by atoms with E-state index in [-0.39, 0.29) is 24.0 Å². The van der Waals surface area contributed by atoms with Crippen molar-refractivity contribution in [1.82, 2.24) is 25.0 Å². The second-order valence-corrected chi connectivity index (χ2v) is 8.01. The maximum atomic E-state index is 4.51. The molecule has 2 heterocycles. The first-order valence-electron chi connectivity index (χ1n) is 8.72. The van der Waals surface area contributed by atoms with Gasteiger partial charge in [-0.3, -0.25) is 4.99 Å². The Bertz CT molecular complexity index is 535. The summed E-state index contributed by atoms with van der Waals surface area (Å²) in [6.07, 6.45) is 8.67. The summed E-state index contributed by atoms with van der Waals surface area (Å²) in [5.41, 5.74) is 0. The fraction of sp³-hybridized carbons (Fsp3) is 0.812. The molecule has 1 spiro atoms. The molecule has 0 aromatic carbocycles. The number of aryl methyl sites for hydroxylation is 1. The minimum Gasteiger partial charge on any atom is -0.349 e. The van der Waals surface area contributed by atoms with Crippen molar-refractivity contribution >= 4 is 41.7 Å². The highest BCUT2D eigenvalue weighted by Gasteiger charge is 2.38. The van der Waals surface area contributed by atoms with E-state index in [4.69, 9.17) is 0 Å². The molecule has 0 unspecified atom stereocenters. The number of nitrogens with zero attached hydrogens (tertiary/aromatic N) is 5. The lowest BCUT2D eigenvalue weighted by atomic mass is 9.87. The maximum absolute atomic E-state index is 4.51. The van der Waals surface area contributed by atoms with E-state index >= 15 is 0 Å². The summed E-state index contributed by atoms with van der Waals surface area (Å²) in [6.45, 7) is 5.88. The van der Waals surface area contributed by atoms with E-state index in [1.54, 1.807) is 6.33 Å². The third-order valence-corrected chi connectivity index (χ3v) is 6.50. The number of nitrogens with one attached hydrogen (secondary N) is 1. The molecule has 0 amide bonds. The van der Waals surface area contributed by atoms with Crippen molar-refractivity contribution in [3.63, 3.8) is 0 Å². The van der Waals surface area contributed by atoms with Gasteiger partial charge in [-0.1, -0.05) is 19.3 Å². The number of hydrogen-bond acceptors (Lipinski definition) is 4. The normalized spacial score (nSPS) is 20.8. The lowest BCUT2D eigenvalue weighted by Crippen LogP contribution is -2.53. The first kappa shape index (κ1) is 19.8. The van der Waals surface area contributed by atoms with Gasteiger partial charge >= 0.3 is 0 Å². The predicted molar refractivity (Wildman–Crippen MR) is 111 cm³/mol. The van der Waals surface area contributed by atoms with Gasteiger partial charge in [0, 0.05) is 37.2 Å². The quantitative estimate of drug-likeness (QED) is 0.424. The molecule has 0 bridgehead atoms. The molecule has 1 aromatic heterocycles. The van der Waals surface area contributed by atoms with E-state index in [0.717, 1.165) is 31.4 Å². The van der Waals surface area contributed by atoms with Crippen LogP contribution >= 0.6 is 35.7 Å². The molecule has 0 radical (unpaired) electrons. The molecule has 1 N–H and O–H groups in total. The number of aromatic nitrogens is 3. The molecule has 2 aliphatic rings. The molecule has 3 rings (SSSR count). The molecule has 1 aliphatic heterocycles. The summed E-state index contributed by atoms with van der Waals surface area (Å²) < 4.78 is 2.52. The van der Waals surface area contributed by atoms with Crippen LogP contribution in [-0.4, -0.2) is 56.3 Å². The monoisotopic (exact) mass is 464 g/mol. The van der Waals surface area contributed by atoms with Gasteiger partial charge in [0.05, 0.1) is 6.54 Å². The summed E-state index contributed by atoms with van der Waals surface area (Å²) in [5.74, 6) is 3.17. The average Bonchev–Trinajstić information content (AvgIpc) is 3.04. The van der Waals surface area contributed by atoms with Gasteiger partial charge in [-0.2, -0.15) is 11.8 Å². The van der Waals surface area contributed by atoms with Gasteiger partial charge < -0.3 is 14.8 Å². The Balaban J connectivity index is 0.00000208. The van der Waals surface area contributed by atoms with Crippen molar-refractivity contribution in [2.75, 3.05) is 25.9 Å². The van der Waals surface area contributed by atoms with Crippen LogP contribution in [-0.2, 0) is 13.1 Å². The minimum atomic E-state index is 0. The highest BCUT2D eigenvalue weighted by molar-refractivity contribution is 14.0. The molecule has 24 heavy (non-hydrogen) atoms. The Morgan fingerprint density at radius 3 is 2.88 bits per heavy atom. The van der Waals surface area contributed by atoms with Gasteiger partial charge in [0.2, 0.25) is 0 Å². The number of hydrogen-bond donors (Lipinski definition) is 1. The molecule has 0 atom stereocenters. The summed E-state index contributed by atoms with van der Waals surface area (Å²) in [7, 11) is 1.88. The Labute approximate surface area is 166 Å². The fourth-order valence-corrected chi connectivity index (χ4v) is 5.26. The van der Waals surface area contributed by atoms with Gasteiger partial charge in [-0.15, -0.1) is 34.2 Å². The van der Waals surface area contributed by atoms with Crippen molar-refractivity contribution in [2.24, 2.45) is 4.99 Å². The third-order valence-electron chi connectivity index (χ3n) is 4.97. The first-order chi connectivity index (χ1) is 11.3. The Morgan fingerprint density at radius 2 is 2.17 bits per heavy atom. The highest BCUT2D eigenvalue weighted by atomic mass is 127. The molecule has 2 fully saturated rings. The largest absolute Gasteiger partial charge is 0.349 e. The SMILES string of the molecule is CCn1cnnc1CNC(=NC)N1CCSC2(CCCCC2)C1.I. The van der Waals surface area contributed by atoms with Crippen LogP contribution in [0.5, 0.6) is 0 Å². The Hall–Kier alpha value is -0.510. The zero-order valence-corrected chi connectivity index (χ0v) is 17.8. The van der Waals surface area contributed by atoms with Crippen LogP contribution in [0, 0.1) is 0 Å². The van der Waals surface area contributed by atoms with Gasteiger partial charge in [0.1, 0.15) is 6.33 Å². The Kier molecular flexibility index (Phi) is 7.64. The molecular weight excluding hydrogens is 435 g/mol. The first-order valence-corrected chi connectivity index (χ1v) is 9.71. The van der Waals surface area contributed by atoms with E-state index < -0.39 is 0 Å². The summed E-state index contributed by atoms with van der Waals surface area (Å²) in [5, 5.41) is 11.7. The molecular formula is C16H29IN6S. The zero-order chi connectivity index (χ0) is 16.1. The van der Waals surface area contributed by atoms with E-state index in [0.29, 0.717) is 11.3 Å². The molecule has 6 nitrogen and oxygen atoms in total. The van der Waals surface area contributed by atoms with Gasteiger partial charge in [0.25, 0.3) is 0 Å². The smallest absolute Gasteiger partial charge is 0.194 e. The van der Waals surface area contributed by atoms with E-state index in [2.05, 4.69) is 48.7 Å². The topological polar surface area (TPSA) is 58.3 Å². The summed E-state index contributed by atoms with van der Waals surface area (Å²) in [6, 6.07) is 0. The van der Waals surface area contributed by atoms with Crippen LogP contribution in [0.3, 0.4) is 0 Å². The number of halogens is 1. The number of rotatable bonds is 3. The highest BCUT2D eigenvalue weighted by Crippen LogP contribution is 2.42. The van der Waals surface area contributed by atoms with Crippen LogP contribution in [0.25, 0.3) is 0 Å². The lowest BCUT2D eigenvalue weighted by Gasteiger charge is -2.45. The zero-order valence-electron chi connectivity index (χ0n) is 14.7. The Morgan fingerprint density at radius 1 is 1.38 bits per heavy atom. The molecule has 8 heteroatoms. The van der Waals surface area contributed by atoms with Crippen LogP contribution in [0.15, 0.2) is 11.3 Å². The van der Waals surface area contributed by atoms with E-state index in [9.17, 15) is 0 Å². The molecule has 1 saturated carbocycles. The molecule has 1 saturated heterocycles. The van der Waals surface area contributed by atoms with Crippen molar-refractivity contribution in [2.45, 2.75) is 56.9 Å². The summed E-state index contributed by atoms with van der Waals surface area (Å²) >= 11 is 2.19. The van der Waals surface area contributed by atoms with Crippen molar-refractivity contribution in [3.8, 4) is 0 Å². The van der Waals surface area contributed by atoms with Gasteiger partial charge in [-0.25, -0.2) is 0 Å². The van der Waals surface area contributed by atoms with Crippen LogP contribution < -0.4 is 5.32 Å². The van der Waals surface area contributed by atoms with Gasteiger partial charge in [-0.05, 0) is 19.8 Å². The van der Waals surface area contributed by atoms with Crippen LogP contribution in [0.1, 0.15) is 44.9 Å². The number of guanidine groups is 1. The molecule has 136 valence electrons. The second kappa shape index (κ2) is 9.26. The standard InChI is InChI=1S/C16H28N6S.HI/c1-3-21-13-19-20-14(21)11-18-15(17-2)22-9-10-23-16(12-22)7-5-4-6-8-16;/h13H,3-12H2,1-2H3,(H,17,18);1H. The minimum absolute atomic E-state index is 0. The van der Waals surface area contributed by atoms with Crippen molar-refractivity contribution in [3.05, 3.63) is 12.2 Å². The van der Waals surface area contributed by atoms with Crippen LogP contribution in [0.4, 0.5) is 0 Å². The average molecular weight is 464 g/mol. The number of aliphatic imine (C=N–C) groups is 1. The predicted octanol–water partition coefficient (Wildman–Crippen LogP) is 2.74. The molecule has 1 aliphatic carbocycles. The second-order valence-electron chi connectivity index (χ2n) is 6.45. The van der Waals surface area contributed by atoms with Crippen LogP contribution in [0.2, 0.25) is 0 Å². The third kappa shape index (κ3) is 4.56. The molecule has 1 aromatic rings. The van der Waals surface area contributed by atoms with Gasteiger partial charge in [0.15, 0.2) is 11.8 Å². The van der Waals surface area contributed by atoms with E-state index in [1.165, 1.54) is 37.9 Å². The van der Waals surface area contributed by atoms with E-state index in [1.807, 2.05) is 7.05 Å². The van der Waals surface area contributed by atoms with Crippen molar-refractivity contribution < 1.29 is 0 Å². The lowest BCUT2D eigenvalue weighted by molar-refractivity contribution is 0.293. The van der Waals surface area contributed by atoms with Crippen molar-refractivity contribution in [1.29, 1.82) is 0 Å². The number of thioether (sulfide) groups is 1.